The Balaban J connectivity index is 1.96. The number of aliphatic imine (C=N–C) groups is 1. The first-order chi connectivity index (χ1) is 12.1. The molecule has 2 aromatic rings. The normalized spacial score (nSPS) is 12.7. The molecule has 0 radical (unpaired) electrons. The summed E-state index contributed by atoms with van der Waals surface area (Å²) in [5.74, 6) is -0.0423. The van der Waals surface area contributed by atoms with E-state index in [4.69, 9.17) is 16.6 Å². The molecule has 0 atom stereocenters. The minimum atomic E-state index is -0.0423. The second kappa shape index (κ2) is 8.07. The highest BCUT2D eigenvalue weighted by Gasteiger charge is 2.18. The molecule has 1 heterocycles. The summed E-state index contributed by atoms with van der Waals surface area (Å²) in [4.78, 5) is 19.4. The van der Waals surface area contributed by atoms with E-state index < -0.39 is 0 Å². The van der Waals surface area contributed by atoms with Crippen molar-refractivity contribution in [3.05, 3.63) is 52.5 Å². The Morgan fingerprint density at radius 2 is 1.96 bits per heavy atom. The number of nitrogens with one attached hydrogen (secondary N) is 1. The Morgan fingerprint density at radius 3 is 2.72 bits per heavy atom. The summed E-state index contributed by atoms with van der Waals surface area (Å²) in [6, 6.07) is 11.6. The topological polar surface area (TPSA) is 41.5 Å². The third-order valence-electron chi connectivity index (χ3n) is 4.10. The van der Waals surface area contributed by atoms with E-state index in [1.165, 1.54) is 0 Å². The summed E-state index contributed by atoms with van der Waals surface area (Å²) in [7, 11) is 0. The van der Waals surface area contributed by atoms with Crippen LogP contribution in [0.15, 0.2) is 51.2 Å². The quantitative estimate of drug-likeness (QED) is 0.667. The molecule has 0 spiro atoms. The SMILES string of the molecule is CCCCNC(=O)c1ccc2c(c1)N=C(CC)c1cc(Cl)ccc1S2. The molecule has 1 aliphatic rings. The van der Waals surface area contributed by atoms with Gasteiger partial charge in [0.05, 0.1) is 5.69 Å². The molecule has 1 N–H and O–H groups in total. The van der Waals surface area contributed by atoms with Crippen molar-refractivity contribution in [1.82, 2.24) is 5.32 Å². The lowest BCUT2D eigenvalue weighted by Crippen LogP contribution is -2.24. The van der Waals surface area contributed by atoms with Crippen molar-refractivity contribution in [3.63, 3.8) is 0 Å². The molecule has 0 bridgehead atoms. The van der Waals surface area contributed by atoms with Gasteiger partial charge in [0.1, 0.15) is 0 Å². The number of hydrogen-bond donors (Lipinski definition) is 1. The van der Waals surface area contributed by atoms with Gasteiger partial charge in [0.25, 0.3) is 5.91 Å². The molecule has 3 rings (SSSR count). The summed E-state index contributed by atoms with van der Waals surface area (Å²) >= 11 is 7.84. The highest BCUT2D eigenvalue weighted by atomic mass is 35.5. The molecule has 130 valence electrons. The van der Waals surface area contributed by atoms with Crippen LogP contribution in [0.2, 0.25) is 5.02 Å². The Morgan fingerprint density at radius 1 is 1.16 bits per heavy atom. The van der Waals surface area contributed by atoms with Gasteiger partial charge in [-0.1, -0.05) is 43.6 Å². The van der Waals surface area contributed by atoms with Gasteiger partial charge in [0.2, 0.25) is 0 Å². The molecular weight excluding hydrogens is 352 g/mol. The van der Waals surface area contributed by atoms with E-state index in [0.717, 1.165) is 46.0 Å². The second-order valence-electron chi connectivity index (χ2n) is 5.95. The van der Waals surface area contributed by atoms with Crippen molar-refractivity contribution in [2.45, 2.75) is 42.9 Å². The van der Waals surface area contributed by atoms with Crippen LogP contribution >= 0.6 is 23.4 Å². The van der Waals surface area contributed by atoms with Gasteiger partial charge in [-0.05, 0) is 49.2 Å². The Bertz CT molecular complexity index is 832. The Kier molecular flexibility index (Phi) is 5.82. The Hall–Kier alpha value is -1.78. The largest absolute Gasteiger partial charge is 0.352 e. The van der Waals surface area contributed by atoms with Crippen molar-refractivity contribution in [3.8, 4) is 0 Å². The molecular formula is C20H21ClN2OS. The zero-order valence-electron chi connectivity index (χ0n) is 14.4. The van der Waals surface area contributed by atoms with E-state index in [-0.39, 0.29) is 5.91 Å². The van der Waals surface area contributed by atoms with Gasteiger partial charge in [-0.2, -0.15) is 0 Å². The van der Waals surface area contributed by atoms with Crippen LogP contribution in [0.4, 0.5) is 5.69 Å². The van der Waals surface area contributed by atoms with Crippen LogP contribution in [0.5, 0.6) is 0 Å². The fourth-order valence-electron chi connectivity index (χ4n) is 2.72. The molecule has 1 aliphatic heterocycles. The van der Waals surface area contributed by atoms with E-state index in [0.29, 0.717) is 17.1 Å². The third-order valence-corrected chi connectivity index (χ3v) is 5.48. The van der Waals surface area contributed by atoms with Crippen LogP contribution < -0.4 is 5.32 Å². The van der Waals surface area contributed by atoms with Gasteiger partial charge in [0, 0.05) is 38.2 Å². The number of carbonyl (C=O) groups is 1. The summed E-state index contributed by atoms with van der Waals surface area (Å²) in [6.07, 6.45) is 2.85. The highest BCUT2D eigenvalue weighted by Crippen LogP contribution is 2.41. The van der Waals surface area contributed by atoms with E-state index in [2.05, 4.69) is 19.2 Å². The molecule has 0 fully saturated rings. The van der Waals surface area contributed by atoms with Crippen molar-refractivity contribution >= 4 is 40.7 Å². The number of unbranched alkanes of at least 4 members (excludes halogenated alkanes) is 1. The van der Waals surface area contributed by atoms with E-state index >= 15 is 0 Å². The third kappa shape index (κ3) is 4.07. The summed E-state index contributed by atoms with van der Waals surface area (Å²) in [6.45, 7) is 4.89. The first-order valence-corrected chi connectivity index (χ1v) is 9.79. The van der Waals surface area contributed by atoms with Gasteiger partial charge in [-0.15, -0.1) is 0 Å². The molecule has 0 saturated heterocycles. The average Bonchev–Trinajstić information content (AvgIpc) is 2.77. The van der Waals surface area contributed by atoms with Crippen LogP contribution in [0.25, 0.3) is 0 Å². The molecule has 2 aromatic carbocycles. The monoisotopic (exact) mass is 372 g/mol. The van der Waals surface area contributed by atoms with Crippen LogP contribution in [0, 0.1) is 0 Å². The van der Waals surface area contributed by atoms with Crippen LogP contribution in [-0.4, -0.2) is 18.2 Å². The van der Waals surface area contributed by atoms with Crippen LogP contribution in [0.3, 0.4) is 0 Å². The molecule has 0 aromatic heterocycles. The highest BCUT2D eigenvalue weighted by molar-refractivity contribution is 7.99. The molecule has 3 nitrogen and oxygen atoms in total. The number of nitrogens with zero attached hydrogens (tertiary/aromatic N) is 1. The maximum absolute atomic E-state index is 12.3. The van der Waals surface area contributed by atoms with Crippen molar-refractivity contribution < 1.29 is 4.79 Å². The number of hydrogen-bond acceptors (Lipinski definition) is 3. The van der Waals surface area contributed by atoms with Crippen LogP contribution in [-0.2, 0) is 0 Å². The zero-order chi connectivity index (χ0) is 17.8. The second-order valence-corrected chi connectivity index (χ2v) is 7.47. The Labute approximate surface area is 157 Å². The maximum Gasteiger partial charge on any atom is 0.251 e. The number of benzene rings is 2. The predicted molar refractivity (Wildman–Crippen MR) is 106 cm³/mol. The molecule has 5 heteroatoms. The molecule has 0 aliphatic carbocycles. The minimum Gasteiger partial charge on any atom is -0.352 e. The van der Waals surface area contributed by atoms with E-state index in [9.17, 15) is 4.79 Å². The van der Waals surface area contributed by atoms with Crippen molar-refractivity contribution in [2.75, 3.05) is 6.54 Å². The van der Waals surface area contributed by atoms with Crippen molar-refractivity contribution in [2.24, 2.45) is 4.99 Å². The van der Waals surface area contributed by atoms with Crippen molar-refractivity contribution in [1.29, 1.82) is 0 Å². The van der Waals surface area contributed by atoms with Crippen LogP contribution in [0.1, 0.15) is 49.0 Å². The lowest BCUT2D eigenvalue weighted by atomic mass is 10.1. The molecule has 25 heavy (non-hydrogen) atoms. The van der Waals surface area contributed by atoms with E-state index in [1.54, 1.807) is 11.8 Å². The smallest absolute Gasteiger partial charge is 0.251 e. The molecule has 1 amide bonds. The summed E-state index contributed by atoms with van der Waals surface area (Å²) < 4.78 is 0. The first kappa shape index (κ1) is 18.0. The summed E-state index contributed by atoms with van der Waals surface area (Å²) in [5, 5.41) is 3.67. The lowest BCUT2D eigenvalue weighted by molar-refractivity contribution is 0.0953. The maximum atomic E-state index is 12.3. The van der Waals surface area contributed by atoms with Gasteiger partial charge in [-0.25, -0.2) is 0 Å². The number of carbonyl (C=O) groups excluding carboxylic acids is 1. The van der Waals surface area contributed by atoms with E-state index in [1.807, 2.05) is 36.4 Å². The van der Waals surface area contributed by atoms with Gasteiger partial charge in [-0.3, -0.25) is 9.79 Å². The number of rotatable bonds is 5. The number of amides is 1. The standard InChI is InChI=1S/C20H21ClN2OS/c1-3-5-10-22-20(24)13-6-8-19-17(11-13)23-16(4-2)15-12-14(21)7-9-18(15)25-19/h6-9,11-12H,3-5,10H2,1-2H3,(H,22,24). The predicted octanol–water partition coefficient (Wildman–Crippen LogP) is 5.87. The van der Waals surface area contributed by atoms with Gasteiger partial charge in [0.15, 0.2) is 0 Å². The molecule has 0 saturated carbocycles. The zero-order valence-corrected chi connectivity index (χ0v) is 16.0. The fraction of sp³-hybridized carbons (Fsp3) is 0.300. The molecule has 0 unspecified atom stereocenters. The minimum absolute atomic E-state index is 0.0423. The average molecular weight is 373 g/mol. The first-order valence-electron chi connectivity index (χ1n) is 8.60. The van der Waals surface area contributed by atoms with Gasteiger partial charge < -0.3 is 5.32 Å². The summed E-state index contributed by atoms with van der Waals surface area (Å²) in [5.41, 5.74) is 3.56. The number of fused-ring (bicyclic) bond motifs is 2. The fourth-order valence-corrected chi connectivity index (χ4v) is 3.90. The lowest BCUT2D eigenvalue weighted by Gasteiger charge is -2.08. The van der Waals surface area contributed by atoms with Gasteiger partial charge >= 0.3 is 0 Å². The number of halogens is 1.